The Labute approximate surface area is 119 Å². The maximum Gasteiger partial charge on any atom is 0.255 e. The van der Waals surface area contributed by atoms with Crippen LogP contribution in [0.3, 0.4) is 0 Å². The van der Waals surface area contributed by atoms with Crippen LogP contribution in [0.2, 0.25) is 5.02 Å². The zero-order valence-corrected chi connectivity index (χ0v) is 11.8. The second-order valence-corrected chi connectivity index (χ2v) is 5.24. The Morgan fingerprint density at radius 2 is 2.39 bits per heavy atom. The van der Waals surface area contributed by atoms with Crippen LogP contribution in [0.4, 0.5) is 0 Å². The van der Waals surface area contributed by atoms with E-state index >= 15 is 0 Å². The van der Waals surface area contributed by atoms with Crippen molar-refractivity contribution in [3.8, 4) is 6.07 Å². The van der Waals surface area contributed by atoms with E-state index in [4.69, 9.17) is 16.9 Å². The molecule has 18 heavy (non-hydrogen) atoms. The lowest BCUT2D eigenvalue weighted by atomic mass is 10.1. The fourth-order valence-electron chi connectivity index (χ4n) is 1.86. The van der Waals surface area contributed by atoms with Gasteiger partial charge >= 0.3 is 0 Å². The zero-order valence-electron chi connectivity index (χ0n) is 9.49. The van der Waals surface area contributed by atoms with Gasteiger partial charge in [0.1, 0.15) is 6.04 Å². The molecule has 1 atom stereocenters. The number of carbonyl (C=O) groups is 1. The summed E-state index contributed by atoms with van der Waals surface area (Å²) in [5.74, 6) is -0.155. The van der Waals surface area contributed by atoms with Gasteiger partial charge in [0.2, 0.25) is 0 Å². The van der Waals surface area contributed by atoms with Gasteiger partial charge in [0.25, 0.3) is 5.91 Å². The van der Waals surface area contributed by atoms with E-state index < -0.39 is 6.04 Å². The number of nitriles is 1. The second kappa shape index (κ2) is 5.70. The van der Waals surface area contributed by atoms with Crippen molar-refractivity contribution in [1.29, 1.82) is 5.26 Å². The molecule has 1 amide bonds. The molecule has 1 aromatic rings. The van der Waals surface area contributed by atoms with E-state index in [1.54, 1.807) is 23.1 Å². The van der Waals surface area contributed by atoms with E-state index in [9.17, 15) is 4.79 Å². The summed E-state index contributed by atoms with van der Waals surface area (Å²) in [6.07, 6.45) is 0. The van der Waals surface area contributed by atoms with Gasteiger partial charge in [-0.25, -0.2) is 0 Å². The third-order valence-corrected chi connectivity index (χ3v) is 4.05. The number of benzene rings is 1. The van der Waals surface area contributed by atoms with Gasteiger partial charge in [-0.3, -0.25) is 4.79 Å². The molecule has 1 aliphatic rings. The molecule has 0 bridgehead atoms. The number of piperazine rings is 1. The fourth-order valence-corrected chi connectivity index (χ4v) is 2.28. The largest absolute Gasteiger partial charge is 0.320 e. The number of rotatable bonds is 1. The summed E-state index contributed by atoms with van der Waals surface area (Å²) < 4.78 is 0.748. The minimum Gasteiger partial charge on any atom is -0.320 e. The zero-order chi connectivity index (χ0) is 13.1. The maximum atomic E-state index is 12.3. The first-order valence-electron chi connectivity index (χ1n) is 5.50. The molecule has 94 valence electrons. The summed E-state index contributed by atoms with van der Waals surface area (Å²) in [6.45, 7) is 1.74. The molecule has 1 aliphatic heterocycles. The summed E-state index contributed by atoms with van der Waals surface area (Å²) in [5, 5.41) is 12.6. The Hall–Kier alpha value is -1.09. The van der Waals surface area contributed by atoms with Crippen molar-refractivity contribution in [2.24, 2.45) is 0 Å². The van der Waals surface area contributed by atoms with Crippen LogP contribution in [-0.4, -0.2) is 36.5 Å². The van der Waals surface area contributed by atoms with Gasteiger partial charge < -0.3 is 10.2 Å². The molecule has 0 radical (unpaired) electrons. The lowest BCUT2D eigenvalue weighted by Crippen LogP contribution is -2.53. The monoisotopic (exact) mass is 327 g/mol. The van der Waals surface area contributed by atoms with Crippen LogP contribution >= 0.6 is 27.5 Å². The normalized spacial score (nSPS) is 19.4. The molecule has 0 aromatic heterocycles. The van der Waals surface area contributed by atoms with Crippen molar-refractivity contribution in [3.63, 3.8) is 0 Å². The van der Waals surface area contributed by atoms with Crippen LogP contribution < -0.4 is 5.32 Å². The molecule has 1 heterocycles. The Morgan fingerprint density at radius 3 is 3.06 bits per heavy atom. The molecule has 6 heteroatoms. The Morgan fingerprint density at radius 1 is 1.61 bits per heavy atom. The number of nitrogens with zero attached hydrogens (tertiary/aromatic N) is 2. The van der Waals surface area contributed by atoms with Crippen molar-refractivity contribution < 1.29 is 4.79 Å². The van der Waals surface area contributed by atoms with Crippen LogP contribution in [0, 0.1) is 11.3 Å². The van der Waals surface area contributed by atoms with Crippen molar-refractivity contribution in [1.82, 2.24) is 10.2 Å². The van der Waals surface area contributed by atoms with Gasteiger partial charge in [0.05, 0.1) is 11.1 Å². The first-order valence-corrected chi connectivity index (χ1v) is 6.67. The number of nitrogens with one attached hydrogen (secondary N) is 1. The van der Waals surface area contributed by atoms with Gasteiger partial charge in [-0.15, -0.1) is 0 Å². The molecule has 0 spiro atoms. The molecular weight excluding hydrogens is 318 g/mol. The van der Waals surface area contributed by atoms with Gasteiger partial charge in [-0.2, -0.15) is 5.26 Å². The topological polar surface area (TPSA) is 56.1 Å². The van der Waals surface area contributed by atoms with Crippen molar-refractivity contribution >= 4 is 33.4 Å². The summed E-state index contributed by atoms with van der Waals surface area (Å²) in [5.41, 5.74) is 0.505. The van der Waals surface area contributed by atoms with Crippen LogP contribution in [0.5, 0.6) is 0 Å². The number of hydrogen-bond donors (Lipinski definition) is 1. The molecule has 0 aliphatic carbocycles. The highest BCUT2D eigenvalue weighted by atomic mass is 79.9. The molecule has 4 nitrogen and oxygen atoms in total. The molecule has 1 fully saturated rings. The predicted molar refractivity (Wildman–Crippen MR) is 72.5 cm³/mol. The quantitative estimate of drug-likeness (QED) is 0.858. The summed E-state index contributed by atoms with van der Waals surface area (Å²) in [7, 11) is 0. The lowest BCUT2D eigenvalue weighted by Gasteiger charge is -2.32. The van der Waals surface area contributed by atoms with Gasteiger partial charge in [0.15, 0.2) is 0 Å². The second-order valence-electron chi connectivity index (χ2n) is 3.98. The van der Waals surface area contributed by atoms with E-state index in [1.165, 1.54) is 0 Å². The molecule has 1 saturated heterocycles. The third kappa shape index (κ3) is 2.66. The molecule has 1 aromatic carbocycles. The van der Waals surface area contributed by atoms with Crippen molar-refractivity contribution in [2.45, 2.75) is 6.04 Å². The van der Waals surface area contributed by atoms with Gasteiger partial charge in [0, 0.05) is 29.7 Å². The summed E-state index contributed by atoms with van der Waals surface area (Å²) in [6, 6.07) is 6.76. The standard InChI is InChI=1S/C12H11BrClN3O/c13-10-2-1-8(5-11(10)14)12(18)17-4-3-16-7-9(17)6-15/h1-2,5,9,16H,3-4,7H2. The van der Waals surface area contributed by atoms with E-state index in [0.29, 0.717) is 30.2 Å². The highest BCUT2D eigenvalue weighted by Gasteiger charge is 2.27. The minimum atomic E-state index is -0.423. The number of halogens is 2. The van der Waals surface area contributed by atoms with Gasteiger partial charge in [-0.05, 0) is 34.1 Å². The van der Waals surface area contributed by atoms with E-state index in [-0.39, 0.29) is 5.91 Å². The average Bonchev–Trinajstić information content (AvgIpc) is 2.41. The smallest absolute Gasteiger partial charge is 0.255 e. The highest BCUT2D eigenvalue weighted by molar-refractivity contribution is 9.10. The van der Waals surface area contributed by atoms with Crippen LogP contribution in [0.15, 0.2) is 22.7 Å². The maximum absolute atomic E-state index is 12.3. The Bertz CT molecular complexity index is 515. The van der Waals surface area contributed by atoms with E-state index in [1.807, 2.05) is 0 Å². The van der Waals surface area contributed by atoms with E-state index in [0.717, 1.165) is 4.47 Å². The number of carbonyl (C=O) groups excluding carboxylic acids is 1. The van der Waals surface area contributed by atoms with Crippen LogP contribution in [-0.2, 0) is 0 Å². The Balaban J connectivity index is 2.24. The summed E-state index contributed by atoms with van der Waals surface area (Å²) >= 11 is 9.25. The molecule has 0 saturated carbocycles. The first-order chi connectivity index (χ1) is 8.63. The molecular formula is C12H11BrClN3O. The Kier molecular flexibility index (Phi) is 4.23. The highest BCUT2D eigenvalue weighted by Crippen LogP contribution is 2.24. The fraction of sp³-hybridized carbons (Fsp3) is 0.333. The number of amides is 1. The SMILES string of the molecule is N#CC1CNCCN1C(=O)c1ccc(Br)c(Cl)c1. The molecule has 1 N–H and O–H groups in total. The van der Waals surface area contributed by atoms with Crippen molar-refractivity contribution in [2.75, 3.05) is 19.6 Å². The average molecular weight is 329 g/mol. The molecule has 2 rings (SSSR count). The summed E-state index contributed by atoms with van der Waals surface area (Å²) in [4.78, 5) is 13.9. The van der Waals surface area contributed by atoms with Crippen LogP contribution in [0.1, 0.15) is 10.4 Å². The van der Waals surface area contributed by atoms with E-state index in [2.05, 4.69) is 27.3 Å². The van der Waals surface area contributed by atoms with Gasteiger partial charge in [-0.1, -0.05) is 11.6 Å². The predicted octanol–water partition coefficient (Wildman–Crippen LogP) is 2.04. The lowest BCUT2D eigenvalue weighted by molar-refractivity contribution is 0.0687. The minimum absolute atomic E-state index is 0.155. The number of hydrogen-bond acceptors (Lipinski definition) is 3. The molecule has 1 unspecified atom stereocenters. The third-order valence-electron chi connectivity index (χ3n) is 2.82. The first kappa shape index (κ1) is 13.3. The van der Waals surface area contributed by atoms with Crippen molar-refractivity contribution in [3.05, 3.63) is 33.3 Å². The van der Waals surface area contributed by atoms with Crippen LogP contribution in [0.25, 0.3) is 0 Å².